The average molecular weight is 341 g/mol. The van der Waals surface area contributed by atoms with Crippen LogP contribution in [0.3, 0.4) is 0 Å². The van der Waals surface area contributed by atoms with E-state index in [1.54, 1.807) is 6.07 Å². The highest BCUT2D eigenvalue weighted by molar-refractivity contribution is 9.08. The third-order valence-electron chi connectivity index (χ3n) is 3.95. The summed E-state index contributed by atoms with van der Waals surface area (Å²) in [5, 5.41) is 12.0. The van der Waals surface area contributed by atoms with Crippen molar-refractivity contribution < 1.29 is 4.92 Å². The Morgan fingerprint density at radius 3 is 2.90 bits per heavy atom. The lowest BCUT2D eigenvalue weighted by Gasteiger charge is -2.37. The van der Waals surface area contributed by atoms with Gasteiger partial charge in [-0.2, -0.15) is 0 Å². The van der Waals surface area contributed by atoms with Crippen LogP contribution in [0.1, 0.15) is 44.6 Å². The molecular formula is C15H21BrN2O2. The fraction of sp³-hybridized carbons (Fsp3) is 0.600. The SMILES string of the molecule is CCCC1CCCCN1c1ccc(CBr)cc1[N+](=O)[O-]. The van der Waals surface area contributed by atoms with Crippen LogP contribution in [0.5, 0.6) is 0 Å². The lowest BCUT2D eigenvalue weighted by atomic mass is 9.97. The van der Waals surface area contributed by atoms with Crippen molar-refractivity contribution in [3.63, 3.8) is 0 Å². The van der Waals surface area contributed by atoms with Crippen LogP contribution in [-0.4, -0.2) is 17.5 Å². The van der Waals surface area contributed by atoms with Gasteiger partial charge in [-0.25, -0.2) is 0 Å². The molecular weight excluding hydrogens is 320 g/mol. The number of nitro benzene ring substituents is 1. The van der Waals surface area contributed by atoms with Crippen molar-refractivity contribution in [2.24, 2.45) is 0 Å². The summed E-state index contributed by atoms with van der Waals surface area (Å²) in [6.45, 7) is 3.11. The maximum Gasteiger partial charge on any atom is 0.292 e. The van der Waals surface area contributed by atoms with Gasteiger partial charge in [0.05, 0.1) is 4.92 Å². The van der Waals surface area contributed by atoms with E-state index in [-0.39, 0.29) is 10.6 Å². The first-order valence-corrected chi connectivity index (χ1v) is 8.39. The Bertz CT molecular complexity index is 477. The zero-order valence-corrected chi connectivity index (χ0v) is 13.4. The number of benzene rings is 1. The van der Waals surface area contributed by atoms with E-state index in [0.29, 0.717) is 11.4 Å². The minimum absolute atomic E-state index is 0.241. The maximum atomic E-state index is 11.4. The minimum Gasteiger partial charge on any atom is -0.363 e. The van der Waals surface area contributed by atoms with Gasteiger partial charge in [-0.1, -0.05) is 35.3 Å². The molecule has 1 heterocycles. The van der Waals surface area contributed by atoms with Crippen LogP contribution in [0, 0.1) is 10.1 Å². The van der Waals surface area contributed by atoms with E-state index < -0.39 is 0 Å². The quantitative estimate of drug-likeness (QED) is 0.445. The Hall–Kier alpha value is -1.10. The van der Waals surface area contributed by atoms with Gasteiger partial charge in [0, 0.05) is 24.0 Å². The van der Waals surface area contributed by atoms with Crippen LogP contribution < -0.4 is 4.90 Å². The molecule has 0 N–H and O–H groups in total. The standard InChI is InChI=1S/C15H21BrN2O2/c1-2-5-13-6-3-4-9-17(13)14-8-7-12(11-16)10-15(14)18(19)20/h7-8,10,13H,2-6,9,11H2,1H3. The molecule has 1 aliphatic rings. The number of nitro groups is 1. The summed E-state index contributed by atoms with van der Waals surface area (Å²) >= 11 is 3.36. The molecule has 0 aromatic heterocycles. The van der Waals surface area contributed by atoms with Gasteiger partial charge in [-0.15, -0.1) is 0 Å². The summed E-state index contributed by atoms with van der Waals surface area (Å²) in [7, 11) is 0. The highest BCUT2D eigenvalue weighted by atomic mass is 79.9. The molecule has 1 aliphatic heterocycles. The van der Waals surface area contributed by atoms with Crippen molar-refractivity contribution in [3.8, 4) is 0 Å². The highest BCUT2D eigenvalue weighted by Crippen LogP contribution is 2.35. The van der Waals surface area contributed by atoms with Crippen molar-refractivity contribution in [1.82, 2.24) is 0 Å². The van der Waals surface area contributed by atoms with Gasteiger partial charge in [0.15, 0.2) is 0 Å². The molecule has 4 nitrogen and oxygen atoms in total. The minimum atomic E-state index is -0.251. The Balaban J connectivity index is 2.36. The van der Waals surface area contributed by atoms with Crippen molar-refractivity contribution in [2.75, 3.05) is 11.4 Å². The lowest BCUT2D eigenvalue weighted by Crippen LogP contribution is -2.39. The molecule has 0 bridgehead atoms. The van der Waals surface area contributed by atoms with Crippen LogP contribution >= 0.6 is 15.9 Å². The van der Waals surface area contributed by atoms with Crippen LogP contribution in [0.2, 0.25) is 0 Å². The molecule has 1 atom stereocenters. The second-order valence-corrected chi connectivity index (χ2v) is 5.91. The molecule has 0 amide bonds. The maximum absolute atomic E-state index is 11.4. The zero-order valence-electron chi connectivity index (χ0n) is 11.8. The van der Waals surface area contributed by atoms with Crippen LogP contribution in [0.4, 0.5) is 11.4 Å². The van der Waals surface area contributed by atoms with Gasteiger partial charge in [-0.05, 0) is 37.3 Å². The third-order valence-corrected chi connectivity index (χ3v) is 4.60. The fourth-order valence-corrected chi connectivity index (χ4v) is 3.34. The summed E-state index contributed by atoms with van der Waals surface area (Å²) in [5.41, 5.74) is 1.98. The molecule has 1 aromatic carbocycles. The Morgan fingerprint density at radius 2 is 2.25 bits per heavy atom. The molecule has 0 spiro atoms. The lowest BCUT2D eigenvalue weighted by molar-refractivity contribution is -0.384. The van der Waals surface area contributed by atoms with Crippen molar-refractivity contribution >= 4 is 27.3 Å². The molecule has 110 valence electrons. The number of hydrogen-bond donors (Lipinski definition) is 0. The van der Waals surface area contributed by atoms with Gasteiger partial charge < -0.3 is 4.90 Å². The van der Waals surface area contributed by atoms with E-state index in [1.165, 1.54) is 6.42 Å². The Kier molecular flexibility index (Phi) is 5.40. The van der Waals surface area contributed by atoms with Crippen molar-refractivity contribution in [2.45, 2.75) is 50.4 Å². The number of hydrogen-bond acceptors (Lipinski definition) is 3. The molecule has 1 fully saturated rings. The molecule has 2 rings (SSSR count). The van der Waals surface area contributed by atoms with Crippen molar-refractivity contribution in [3.05, 3.63) is 33.9 Å². The molecule has 20 heavy (non-hydrogen) atoms. The summed E-state index contributed by atoms with van der Waals surface area (Å²) in [5.74, 6) is 0. The fourth-order valence-electron chi connectivity index (χ4n) is 2.99. The largest absolute Gasteiger partial charge is 0.363 e. The zero-order chi connectivity index (χ0) is 14.5. The monoisotopic (exact) mass is 340 g/mol. The molecule has 0 aliphatic carbocycles. The van der Waals surface area contributed by atoms with Crippen molar-refractivity contribution in [1.29, 1.82) is 0 Å². The van der Waals surface area contributed by atoms with Crippen LogP contribution in [0.15, 0.2) is 18.2 Å². The molecule has 1 aromatic rings. The van der Waals surface area contributed by atoms with E-state index in [1.807, 2.05) is 12.1 Å². The first-order valence-electron chi connectivity index (χ1n) is 7.27. The summed E-state index contributed by atoms with van der Waals surface area (Å²) < 4.78 is 0. The topological polar surface area (TPSA) is 46.4 Å². The van der Waals surface area contributed by atoms with Gasteiger partial charge in [-0.3, -0.25) is 10.1 Å². The van der Waals surface area contributed by atoms with E-state index in [9.17, 15) is 10.1 Å². The van der Waals surface area contributed by atoms with Gasteiger partial charge in [0.2, 0.25) is 0 Å². The van der Waals surface area contributed by atoms with E-state index in [0.717, 1.165) is 43.5 Å². The summed E-state index contributed by atoms with van der Waals surface area (Å²) in [4.78, 5) is 13.4. The Morgan fingerprint density at radius 1 is 1.45 bits per heavy atom. The summed E-state index contributed by atoms with van der Waals surface area (Å²) in [6, 6.07) is 6.04. The van der Waals surface area contributed by atoms with Gasteiger partial charge in [0.1, 0.15) is 5.69 Å². The predicted octanol–water partition coefficient (Wildman–Crippen LogP) is 4.65. The van der Waals surface area contributed by atoms with E-state index in [4.69, 9.17) is 0 Å². The molecule has 0 radical (unpaired) electrons. The van der Waals surface area contributed by atoms with E-state index in [2.05, 4.69) is 27.8 Å². The summed E-state index contributed by atoms with van der Waals surface area (Å²) in [6.07, 6.45) is 5.73. The first kappa shape index (κ1) is 15.3. The molecule has 0 saturated carbocycles. The first-order chi connectivity index (χ1) is 9.67. The number of nitrogens with zero attached hydrogens (tertiary/aromatic N) is 2. The highest BCUT2D eigenvalue weighted by Gasteiger charge is 2.27. The number of alkyl halides is 1. The molecule has 1 unspecified atom stereocenters. The molecule has 1 saturated heterocycles. The number of anilines is 1. The van der Waals surface area contributed by atoms with E-state index >= 15 is 0 Å². The second-order valence-electron chi connectivity index (χ2n) is 5.35. The van der Waals surface area contributed by atoms with Gasteiger partial charge >= 0.3 is 0 Å². The van der Waals surface area contributed by atoms with Crippen LogP contribution in [-0.2, 0) is 5.33 Å². The number of piperidine rings is 1. The van der Waals surface area contributed by atoms with Gasteiger partial charge in [0.25, 0.3) is 5.69 Å². The average Bonchev–Trinajstić information content (AvgIpc) is 2.47. The predicted molar refractivity (Wildman–Crippen MR) is 85.6 cm³/mol. The second kappa shape index (κ2) is 7.07. The molecule has 5 heteroatoms. The normalized spacial score (nSPS) is 19.1. The number of rotatable bonds is 5. The Labute approximate surface area is 128 Å². The van der Waals surface area contributed by atoms with Crippen LogP contribution in [0.25, 0.3) is 0 Å². The third kappa shape index (κ3) is 3.32. The smallest absolute Gasteiger partial charge is 0.292 e. The number of halogens is 1.